The summed E-state index contributed by atoms with van der Waals surface area (Å²) >= 11 is 1.48. The Labute approximate surface area is 183 Å². The Kier molecular flexibility index (Phi) is 5.57. The Morgan fingerprint density at radius 3 is 2.81 bits per heavy atom. The van der Waals surface area contributed by atoms with E-state index in [0.717, 1.165) is 49.8 Å². The van der Waals surface area contributed by atoms with Crippen LogP contribution in [0.25, 0.3) is 11.3 Å². The van der Waals surface area contributed by atoms with Crippen LogP contribution in [0.2, 0.25) is 0 Å². The number of anilines is 1. The second-order valence-corrected chi connectivity index (χ2v) is 8.91. The van der Waals surface area contributed by atoms with Crippen LogP contribution in [0.3, 0.4) is 0 Å². The van der Waals surface area contributed by atoms with Gasteiger partial charge in [0.05, 0.1) is 11.7 Å². The molecule has 2 aromatic heterocycles. The molecule has 1 saturated heterocycles. The third-order valence-electron chi connectivity index (χ3n) is 5.69. The number of hydrogen-bond donors (Lipinski definition) is 2. The van der Waals surface area contributed by atoms with Gasteiger partial charge in [0.25, 0.3) is 11.8 Å². The Hall–Kier alpha value is -2.97. The highest BCUT2D eigenvalue weighted by molar-refractivity contribution is 7.17. The van der Waals surface area contributed by atoms with Gasteiger partial charge in [-0.1, -0.05) is 35.5 Å². The number of nitrogens with zero attached hydrogens (tertiary/aromatic N) is 1. The first-order valence-electron chi connectivity index (χ1n) is 10.6. The molecule has 1 aliphatic heterocycles. The highest BCUT2D eigenvalue weighted by Crippen LogP contribution is 2.39. The predicted molar refractivity (Wildman–Crippen MR) is 118 cm³/mol. The van der Waals surface area contributed by atoms with Crippen LogP contribution in [0.5, 0.6) is 0 Å². The zero-order valence-electron chi connectivity index (χ0n) is 17.0. The number of rotatable bonds is 6. The number of ether oxygens (including phenoxy) is 1. The third-order valence-corrected chi connectivity index (χ3v) is 6.90. The minimum atomic E-state index is -0.390. The molecule has 0 spiro atoms. The molecule has 1 aliphatic carbocycles. The molecule has 0 bridgehead atoms. The minimum Gasteiger partial charge on any atom is -0.376 e. The van der Waals surface area contributed by atoms with E-state index >= 15 is 0 Å². The molecular weight excluding hydrogens is 414 g/mol. The normalized spacial score (nSPS) is 17.5. The van der Waals surface area contributed by atoms with Gasteiger partial charge < -0.3 is 19.9 Å². The number of benzene rings is 1. The third kappa shape index (κ3) is 4.13. The number of carbonyl (C=O) groups is 2. The number of aryl methyl sites for hydroxylation is 1. The van der Waals surface area contributed by atoms with Gasteiger partial charge in [0.2, 0.25) is 0 Å². The zero-order chi connectivity index (χ0) is 21.2. The Morgan fingerprint density at radius 1 is 1.13 bits per heavy atom. The van der Waals surface area contributed by atoms with Gasteiger partial charge in [0, 0.05) is 29.7 Å². The Bertz CT molecular complexity index is 1100. The fourth-order valence-electron chi connectivity index (χ4n) is 4.12. The number of hydrogen-bond acceptors (Lipinski definition) is 6. The van der Waals surface area contributed by atoms with Crippen molar-refractivity contribution in [1.29, 1.82) is 0 Å². The molecule has 3 aromatic rings. The lowest BCUT2D eigenvalue weighted by Crippen LogP contribution is -2.32. The van der Waals surface area contributed by atoms with Gasteiger partial charge in [0.15, 0.2) is 11.5 Å². The van der Waals surface area contributed by atoms with Crippen molar-refractivity contribution in [3.05, 3.63) is 58.1 Å². The second-order valence-electron chi connectivity index (χ2n) is 7.80. The lowest BCUT2D eigenvalue weighted by molar-refractivity contribution is 0.0858. The van der Waals surface area contributed by atoms with Crippen molar-refractivity contribution in [3.8, 4) is 11.3 Å². The highest BCUT2D eigenvalue weighted by Gasteiger charge is 2.29. The molecule has 2 N–H and O–H groups in total. The van der Waals surface area contributed by atoms with Crippen molar-refractivity contribution in [3.63, 3.8) is 0 Å². The number of fused-ring (bicyclic) bond motifs is 1. The van der Waals surface area contributed by atoms with Crippen LogP contribution in [-0.2, 0) is 17.6 Å². The first-order chi connectivity index (χ1) is 15.2. The van der Waals surface area contributed by atoms with Crippen LogP contribution < -0.4 is 10.6 Å². The van der Waals surface area contributed by atoms with Gasteiger partial charge in [-0.2, -0.15) is 0 Å². The first-order valence-corrected chi connectivity index (χ1v) is 11.4. The SMILES string of the molecule is O=C(Nc1sc2c(c1C(=O)NC[C@H]1CCCO1)CCC2)c1cc(-c2ccccc2)on1. The fourth-order valence-corrected chi connectivity index (χ4v) is 5.40. The molecule has 31 heavy (non-hydrogen) atoms. The largest absolute Gasteiger partial charge is 0.376 e. The van der Waals surface area contributed by atoms with Crippen LogP contribution >= 0.6 is 11.3 Å². The van der Waals surface area contributed by atoms with Gasteiger partial charge in [0.1, 0.15) is 5.00 Å². The number of aromatic nitrogens is 1. The molecule has 1 aromatic carbocycles. The summed E-state index contributed by atoms with van der Waals surface area (Å²) in [5, 5.41) is 10.4. The van der Waals surface area contributed by atoms with E-state index in [2.05, 4.69) is 15.8 Å². The summed E-state index contributed by atoms with van der Waals surface area (Å²) in [4.78, 5) is 27.0. The maximum atomic E-state index is 13.0. The predicted octanol–water partition coefficient (Wildman–Crippen LogP) is 4.05. The van der Waals surface area contributed by atoms with E-state index in [-0.39, 0.29) is 23.6 Å². The summed E-state index contributed by atoms with van der Waals surface area (Å²) in [6, 6.07) is 11.1. The molecule has 160 valence electrons. The van der Waals surface area contributed by atoms with E-state index < -0.39 is 0 Å². The molecule has 2 amide bonds. The average molecular weight is 438 g/mol. The summed E-state index contributed by atoms with van der Waals surface area (Å²) in [5.41, 5.74) is 2.65. The quantitative estimate of drug-likeness (QED) is 0.607. The Balaban J connectivity index is 1.34. The summed E-state index contributed by atoms with van der Waals surface area (Å²) in [6.45, 7) is 1.24. The van der Waals surface area contributed by atoms with Gasteiger partial charge >= 0.3 is 0 Å². The minimum absolute atomic E-state index is 0.0696. The van der Waals surface area contributed by atoms with Gasteiger partial charge in [-0.25, -0.2) is 0 Å². The van der Waals surface area contributed by atoms with Crippen molar-refractivity contribution in [2.45, 2.75) is 38.2 Å². The number of carbonyl (C=O) groups excluding carboxylic acids is 2. The summed E-state index contributed by atoms with van der Waals surface area (Å²) in [6.07, 6.45) is 4.88. The van der Waals surface area contributed by atoms with Crippen molar-refractivity contribution >= 4 is 28.2 Å². The van der Waals surface area contributed by atoms with Crippen molar-refractivity contribution in [1.82, 2.24) is 10.5 Å². The fraction of sp³-hybridized carbons (Fsp3) is 0.348. The molecule has 0 radical (unpaired) electrons. The summed E-state index contributed by atoms with van der Waals surface area (Å²) in [7, 11) is 0. The van der Waals surface area contributed by atoms with Gasteiger partial charge in [-0.15, -0.1) is 11.3 Å². The molecule has 5 rings (SSSR count). The lowest BCUT2D eigenvalue weighted by atomic mass is 10.1. The van der Waals surface area contributed by atoms with Crippen molar-refractivity contribution in [2.75, 3.05) is 18.5 Å². The molecule has 1 fully saturated rings. The van der Waals surface area contributed by atoms with E-state index in [1.165, 1.54) is 16.2 Å². The molecule has 0 saturated carbocycles. The van der Waals surface area contributed by atoms with E-state index in [4.69, 9.17) is 9.26 Å². The number of amides is 2. The summed E-state index contributed by atoms with van der Waals surface area (Å²) in [5.74, 6) is -0.0247. The second kappa shape index (κ2) is 8.64. The van der Waals surface area contributed by atoms with E-state index in [1.54, 1.807) is 6.07 Å². The number of thiophene rings is 1. The Morgan fingerprint density at radius 2 is 2.00 bits per heavy atom. The monoisotopic (exact) mass is 437 g/mol. The topological polar surface area (TPSA) is 93.5 Å². The molecular formula is C23H23N3O4S. The van der Waals surface area contributed by atoms with Gasteiger partial charge in [-0.05, 0) is 37.7 Å². The maximum Gasteiger partial charge on any atom is 0.278 e. The summed E-state index contributed by atoms with van der Waals surface area (Å²) < 4.78 is 10.9. The van der Waals surface area contributed by atoms with E-state index in [1.807, 2.05) is 30.3 Å². The average Bonchev–Trinajstić information content (AvgIpc) is 3.57. The van der Waals surface area contributed by atoms with Gasteiger partial charge in [-0.3, -0.25) is 9.59 Å². The van der Waals surface area contributed by atoms with Crippen LogP contribution in [0.15, 0.2) is 40.9 Å². The molecule has 2 aliphatic rings. The van der Waals surface area contributed by atoms with Crippen LogP contribution in [0.4, 0.5) is 5.00 Å². The highest BCUT2D eigenvalue weighted by atomic mass is 32.1. The smallest absolute Gasteiger partial charge is 0.278 e. The standard InChI is InChI=1S/C23H23N3O4S/c27-21(17-12-18(30-26-17)14-6-2-1-3-7-14)25-23-20(16-9-4-10-19(16)31-23)22(28)24-13-15-8-5-11-29-15/h1-3,6-7,12,15H,4-5,8-11,13H2,(H,24,28)(H,25,27)/t15-/m1/s1. The lowest BCUT2D eigenvalue weighted by Gasteiger charge is -2.12. The molecule has 0 unspecified atom stereocenters. The van der Waals surface area contributed by atoms with Crippen LogP contribution in [0, 0.1) is 0 Å². The van der Waals surface area contributed by atoms with E-state index in [0.29, 0.717) is 22.9 Å². The van der Waals surface area contributed by atoms with E-state index in [9.17, 15) is 9.59 Å². The van der Waals surface area contributed by atoms with Crippen LogP contribution in [-0.4, -0.2) is 36.2 Å². The molecule has 1 atom stereocenters. The van der Waals surface area contributed by atoms with Crippen molar-refractivity contribution in [2.24, 2.45) is 0 Å². The van der Waals surface area contributed by atoms with Crippen molar-refractivity contribution < 1.29 is 18.8 Å². The maximum absolute atomic E-state index is 13.0. The molecule has 7 nitrogen and oxygen atoms in total. The number of nitrogens with one attached hydrogen (secondary N) is 2. The molecule has 8 heteroatoms. The molecule has 3 heterocycles. The zero-order valence-corrected chi connectivity index (χ0v) is 17.8. The van der Waals surface area contributed by atoms with Crippen LogP contribution in [0.1, 0.15) is 50.5 Å². The first kappa shape index (κ1) is 20.0.